The second-order valence-electron chi connectivity index (χ2n) is 4.88. The maximum Gasteiger partial charge on any atom is 0.234 e. The molecule has 0 aliphatic carbocycles. The van der Waals surface area contributed by atoms with Gasteiger partial charge in [-0.2, -0.15) is 0 Å². The van der Waals surface area contributed by atoms with E-state index in [-0.39, 0.29) is 17.9 Å². The lowest BCUT2D eigenvalue weighted by Crippen LogP contribution is -2.48. The van der Waals surface area contributed by atoms with Gasteiger partial charge >= 0.3 is 0 Å². The molecule has 0 spiro atoms. The Hall–Kier alpha value is -1.10. The van der Waals surface area contributed by atoms with Crippen LogP contribution in [-0.2, 0) is 9.59 Å². The van der Waals surface area contributed by atoms with Crippen LogP contribution in [0.3, 0.4) is 0 Å². The van der Waals surface area contributed by atoms with Gasteiger partial charge in [0.2, 0.25) is 11.8 Å². The third-order valence-corrected chi connectivity index (χ3v) is 2.98. The minimum atomic E-state index is 0.0416. The molecule has 0 bridgehead atoms. The lowest BCUT2D eigenvalue weighted by atomic mass is 10.1. The van der Waals surface area contributed by atoms with Gasteiger partial charge in [-0.3, -0.25) is 9.59 Å². The van der Waals surface area contributed by atoms with Crippen molar-refractivity contribution < 1.29 is 9.59 Å². The van der Waals surface area contributed by atoms with E-state index < -0.39 is 0 Å². The molecule has 1 heterocycles. The Balaban J connectivity index is 2.21. The van der Waals surface area contributed by atoms with E-state index in [4.69, 9.17) is 0 Å². The first-order valence-corrected chi connectivity index (χ1v) is 6.27. The number of carbonyl (C=O) groups excluding carboxylic acids is 2. The van der Waals surface area contributed by atoms with Crippen LogP contribution in [0.4, 0.5) is 0 Å². The van der Waals surface area contributed by atoms with Gasteiger partial charge in [0.25, 0.3) is 0 Å². The molecule has 1 rings (SSSR count). The molecule has 0 unspecified atom stereocenters. The highest BCUT2D eigenvalue weighted by Gasteiger charge is 2.21. The zero-order valence-corrected chi connectivity index (χ0v) is 11.0. The first-order valence-electron chi connectivity index (χ1n) is 6.27. The van der Waals surface area contributed by atoms with Crippen molar-refractivity contribution in [3.8, 4) is 0 Å². The fraction of sp³-hybridized carbons (Fsp3) is 0.833. The fourth-order valence-corrected chi connectivity index (χ4v) is 1.91. The molecule has 0 saturated carbocycles. The molecule has 2 amide bonds. The molecule has 1 aliphatic rings. The highest BCUT2D eigenvalue weighted by atomic mass is 16.2. The van der Waals surface area contributed by atoms with Crippen molar-refractivity contribution in [1.29, 1.82) is 0 Å². The number of piperidine rings is 1. The maximum atomic E-state index is 11.6. The van der Waals surface area contributed by atoms with Crippen LogP contribution in [0.1, 0.15) is 33.6 Å². The lowest BCUT2D eigenvalue weighted by Gasteiger charge is -2.31. The Morgan fingerprint density at radius 3 is 2.35 bits per heavy atom. The van der Waals surface area contributed by atoms with E-state index in [1.54, 1.807) is 6.92 Å². The van der Waals surface area contributed by atoms with Crippen molar-refractivity contribution in [2.45, 2.75) is 45.7 Å². The second kappa shape index (κ2) is 6.59. The SMILES string of the molecule is CC(=O)N1CCC(NC(=O)CNC(C)C)CC1. The molecular formula is C12H23N3O2. The van der Waals surface area contributed by atoms with E-state index in [0.29, 0.717) is 12.6 Å². The minimum Gasteiger partial charge on any atom is -0.352 e. The molecule has 98 valence electrons. The van der Waals surface area contributed by atoms with E-state index >= 15 is 0 Å². The van der Waals surface area contributed by atoms with Crippen LogP contribution in [0.15, 0.2) is 0 Å². The molecule has 1 aliphatic heterocycles. The topological polar surface area (TPSA) is 61.4 Å². The summed E-state index contributed by atoms with van der Waals surface area (Å²) >= 11 is 0. The minimum absolute atomic E-state index is 0.0416. The van der Waals surface area contributed by atoms with Gasteiger partial charge in [-0.05, 0) is 12.8 Å². The smallest absolute Gasteiger partial charge is 0.234 e. The third-order valence-electron chi connectivity index (χ3n) is 2.98. The predicted molar refractivity (Wildman–Crippen MR) is 66.6 cm³/mol. The van der Waals surface area contributed by atoms with Gasteiger partial charge in [-0.25, -0.2) is 0 Å². The van der Waals surface area contributed by atoms with E-state index in [1.165, 1.54) is 0 Å². The van der Waals surface area contributed by atoms with Crippen molar-refractivity contribution in [3.63, 3.8) is 0 Å². The number of carbonyl (C=O) groups is 2. The second-order valence-corrected chi connectivity index (χ2v) is 4.88. The standard InChI is InChI=1S/C12H23N3O2/c1-9(2)13-8-12(17)14-11-4-6-15(7-5-11)10(3)16/h9,11,13H,4-8H2,1-3H3,(H,14,17). The van der Waals surface area contributed by atoms with Crippen LogP contribution in [0, 0.1) is 0 Å². The maximum absolute atomic E-state index is 11.6. The molecule has 5 nitrogen and oxygen atoms in total. The summed E-state index contributed by atoms with van der Waals surface area (Å²) in [7, 11) is 0. The zero-order chi connectivity index (χ0) is 12.8. The average Bonchev–Trinajstić information content (AvgIpc) is 2.27. The van der Waals surface area contributed by atoms with Gasteiger partial charge in [0, 0.05) is 32.1 Å². The van der Waals surface area contributed by atoms with Crippen molar-refractivity contribution in [2.75, 3.05) is 19.6 Å². The Morgan fingerprint density at radius 2 is 1.88 bits per heavy atom. The van der Waals surface area contributed by atoms with E-state index in [2.05, 4.69) is 10.6 Å². The lowest BCUT2D eigenvalue weighted by molar-refractivity contribution is -0.130. The Kier molecular flexibility index (Phi) is 5.41. The van der Waals surface area contributed by atoms with Crippen molar-refractivity contribution in [1.82, 2.24) is 15.5 Å². The summed E-state index contributed by atoms with van der Waals surface area (Å²) in [4.78, 5) is 24.5. The van der Waals surface area contributed by atoms with E-state index in [9.17, 15) is 9.59 Å². The molecule has 1 fully saturated rings. The van der Waals surface area contributed by atoms with Crippen molar-refractivity contribution >= 4 is 11.8 Å². The van der Waals surface area contributed by atoms with Gasteiger partial charge < -0.3 is 15.5 Å². The Labute approximate surface area is 103 Å². The summed E-state index contributed by atoms with van der Waals surface area (Å²) in [6, 6.07) is 0.535. The molecule has 0 aromatic heterocycles. The summed E-state index contributed by atoms with van der Waals surface area (Å²) in [6.45, 7) is 7.48. The van der Waals surface area contributed by atoms with Gasteiger partial charge in [-0.1, -0.05) is 13.8 Å². The average molecular weight is 241 g/mol. The summed E-state index contributed by atoms with van der Waals surface area (Å²) in [5, 5.41) is 6.08. The van der Waals surface area contributed by atoms with Gasteiger partial charge in [0.15, 0.2) is 0 Å². The molecule has 0 atom stereocenters. The van der Waals surface area contributed by atoms with Crippen LogP contribution in [-0.4, -0.2) is 48.4 Å². The van der Waals surface area contributed by atoms with E-state index in [0.717, 1.165) is 25.9 Å². The number of rotatable bonds is 4. The molecule has 0 radical (unpaired) electrons. The quantitative estimate of drug-likeness (QED) is 0.734. The van der Waals surface area contributed by atoms with Crippen LogP contribution in [0.5, 0.6) is 0 Å². The monoisotopic (exact) mass is 241 g/mol. The highest BCUT2D eigenvalue weighted by Crippen LogP contribution is 2.09. The van der Waals surface area contributed by atoms with E-state index in [1.807, 2.05) is 18.7 Å². The predicted octanol–water partition coefficient (Wildman–Crippen LogP) is 0.112. The van der Waals surface area contributed by atoms with Gasteiger partial charge in [0.05, 0.1) is 6.54 Å². The molecular weight excluding hydrogens is 218 g/mol. The normalized spacial score (nSPS) is 17.3. The molecule has 2 N–H and O–H groups in total. The summed E-state index contributed by atoms with van der Waals surface area (Å²) < 4.78 is 0. The number of hydrogen-bond acceptors (Lipinski definition) is 3. The summed E-state index contributed by atoms with van der Waals surface area (Å²) in [5.41, 5.74) is 0. The Morgan fingerprint density at radius 1 is 1.29 bits per heavy atom. The number of likely N-dealkylation sites (tertiary alicyclic amines) is 1. The zero-order valence-electron chi connectivity index (χ0n) is 11.0. The van der Waals surface area contributed by atoms with Crippen molar-refractivity contribution in [2.24, 2.45) is 0 Å². The summed E-state index contributed by atoms with van der Waals surface area (Å²) in [5.74, 6) is 0.163. The summed E-state index contributed by atoms with van der Waals surface area (Å²) in [6.07, 6.45) is 1.71. The number of hydrogen-bond donors (Lipinski definition) is 2. The van der Waals surface area contributed by atoms with Crippen LogP contribution in [0.25, 0.3) is 0 Å². The molecule has 0 aromatic carbocycles. The van der Waals surface area contributed by atoms with Crippen LogP contribution >= 0.6 is 0 Å². The number of nitrogens with one attached hydrogen (secondary N) is 2. The first kappa shape index (κ1) is 14.0. The third kappa shape index (κ3) is 5.17. The number of nitrogens with zero attached hydrogens (tertiary/aromatic N) is 1. The van der Waals surface area contributed by atoms with Crippen molar-refractivity contribution in [3.05, 3.63) is 0 Å². The van der Waals surface area contributed by atoms with Gasteiger partial charge in [0.1, 0.15) is 0 Å². The number of amides is 2. The highest BCUT2D eigenvalue weighted by molar-refractivity contribution is 5.78. The molecule has 17 heavy (non-hydrogen) atoms. The largest absolute Gasteiger partial charge is 0.352 e. The Bertz CT molecular complexity index is 271. The van der Waals surface area contributed by atoms with Crippen LogP contribution < -0.4 is 10.6 Å². The van der Waals surface area contributed by atoms with Gasteiger partial charge in [-0.15, -0.1) is 0 Å². The molecule has 1 saturated heterocycles. The molecule has 0 aromatic rings. The first-order chi connectivity index (χ1) is 7.99. The van der Waals surface area contributed by atoms with Crippen LogP contribution in [0.2, 0.25) is 0 Å². The fourth-order valence-electron chi connectivity index (χ4n) is 1.91. The molecule has 5 heteroatoms.